The van der Waals surface area contributed by atoms with Gasteiger partial charge in [-0.25, -0.2) is 9.68 Å². The number of hydrogen-bond donors (Lipinski definition) is 4. The third-order valence-electron chi connectivity index (χ3n) is 2.33. The van der Waals surface area contributed by atoms with Gasteiger partial charge in [0.15, 0.2) is 0 Å². The summed E-state index contributed by atoms with van der Waals surface area (Å²) in [7, 11) is 0. The zero-order valence-corrected chi connectivity index (χ0v) is 10.4. The van der Waals surface area contributed by atoms with E-state index in [9.17, 15) is 0 Å². The first kappa shape index (κ1) is 16.7. The van der Waals surface area contributed by atoms with Crippen molar-refractivity contribution in [2.45, 2.75) is 46.1 Å². The van der Waals surface area contributed by atoms with Gasteiger partial charge in [0.05, 0.1) is 10.8 Å². The zero-order chi connectivity index (χ0) is 13.5. The third-order valence-corrected chi connectivity index (χ3v) is 2.33. The summed E-state index contributed by atoms with van der Waals surface area (Å²) in [5, 5.41) is 33.1. The third kappa shape index (κ3) is 9.39. The molecule has 0 radical (unpaired) electrons. The minimum Gasteiger partial charge on any atom is -0.266 e. The molecule has 0 aromatic heterocycles. The Balaban J connectivity index is 4.26. The SMILES string of the molecule is CCCC(C)(C)C[C@@H](CON(O)O)ON(O)O. The Morgan fingerprint density at radius 1 is 1.12 bits per heavy atom. The van der Waals surface area contributed by atoms with Gasteiger partial charge < -0.3 is 0 Å². The Morgan fingerprint density at radius 2 is 1.71 bits per heavy atom. The average molecular weight is 254 g/mol. The van der Waals surface area contributed by atoms with E-state index in [1.54, 1.807) is 0 Å². The van der Waals surface area contributed by atoms with E-state index in [1.807, 2.05) is 20.8 Å². The maximum absolute atomic E-state index is 8.59. The van der Waals surface area contributed by atoms with Crippen LogP contribution < -0.4 is 0 Å². The fraction of sp³-hybridized carbons (Fsp3) is 1.00. The molecule has 0 saturated heterocycles. The van der Waals surface area contributed by atoms with Gasteiger partial charge in [-0.05, 0) is 18.3 Å². The lowest BCUT2D eigenvalue weighted by atomic mass is 9.82. The van der Waals surface area contributed by atoms with E-state index in [4.69, 9.17) is 20.8 Å². The van der Waals surface area contributed by atoms with Gasteiger partial charge in [0.25, 0.3) is 0 Å². The fourth-order valence-corrected chi connectivity index (χ4v) is 1.80. The number of rotatable bonds is 9. The lowest BCUT2D eigenvalue weighted by Gasteiger charge is -2.29. The molecule has 8 heteroatoms. The molecule has 0 bridgehead atoms. The zero-order valence-electron chi connectivity index (χ0n) is 10.4. The molecule has 8 nitrogen and oxygen atoms in total. The first-order valence-corrected chi connectivity index (χ1v) is 5.42. The molecule has 17 heavy (non-hydrogen) atoms. The Labute approximate surface area is 100 Å². The van der Waals surface area contributed by atoms with Crippen molar-refractivity contribution in [3.63, 3.8) is 0 Å². The Hall–Kier alpha value is -0.320. The van der Waals surface area contributed by atoms with Crippen molar-refractivity contribution >= 4 is 0 Å². The Bertz CT molecular complexity index is 200. The van der Waals surface area contributed by atoms with Gasteiger partial charge in [0.1, 0.15) is 12.7 Å². The molecule has 0 fully saturated rings. The molecule has 0 amide bonds. The molecule has 4 N–H and O–H groups in total. The van der Waals surface area contributed by atoms with Crippen molar-refractivity contribution in [2.24, 2.45) is 5.41 Å². The molecule has 0 aromatic carbocycles. The van der Waals surface area contributed by atoms with Crippen molar-refractivity contribution in [3.8, 4) is 0 Å². The summed E-state index contributed by atoms with van der Waals surface area (Å²) in [5.41, 5.74) is -0.0888. The fourth-order valence-electron chi connectivity index (χ4n) is 1.80. The van der Waals surface area contributed by atoms with Gasteiger partial charge in [-0.15, -0.1) is 0 Å². The predicted molar refractivity (Wildman–Crippen MR) is 55.0 cm³/mol. The van der Waals surface area contributed by atoms with E-state index in [1.165, 1.54) is 0 Å². The van der Waals surface area contributed by atoms with Gasteiger partial charge in [-0.3, -0.25) is 20.8 Å². The molecule has 0 saturated carbocycles. The van der Waals surface area contributed by atoms with E-state index < -0.39 is 16.9 Å². The second-order valence-electron chi connectivity index (χ2n) is 4.65. The molecule has 0 aliphatic heterocycles. The summed E-state index contributed by atoms with van der Waals surface area (Å²) < 4.78 is 0. The van der Waals surface area contributed by atoms with E-state index in [0.717, 1.165) is 12.8 Å². The van der Waals surface area contributed by atoms with E-state index in [-0.39, 0.29) is 12.0 Å². The summed E-state index contributed by atoms with van der Waals surface area (Å²) in [6, 6.07) is 0. The first-order chi connectivity index (χ1) is 7.76. The van der Waals surface area contributed by atoms with Crippen molar-refractivity contribution in [3.05, 3.63) is 0 Å². The second kappa shape index (κ2) is 7.90. The summed E-state index contributed by atoms with van der Waals surface area (Å²) in [6.07, 6.45) is 1.65. The van der Waals surface area contributed by atoms with Crippen LogP contribution in [0.5, 0.6) is 0 Å². The normalized spacial score (nSPS) is 14.6. The highest BCUT2D eigenvalue weighted by Crippen LogP contribution is 2.29. The van der Waals surface area contributed by atoms with Crippen LogP contribution >= 0.6 is 0 Å². The summed E-state index contributed by atoms with van der Waals surface area (Å²) in [4.78, 5) is 9.05. The van der Waals surface area contributed by atoms with Crippen molar-refractivity contribution in [1.82, 2.24) is 10.8 Å². The average Bonchev–Trinajstić information content (AvgIpc) is 2.12. The van der Waals surface area contributed by atoms with E-state index in [2.05, 4.69) is 9.68 Å². The maximum atomic E-state index is 8.59. The van der Waals surface area contributed by atoms with Crippen molar-refractivity contribution in [2.75, 3.05) is 6.61 Å². The summed E-state index contributed by atoms with van der Waals surface area (Å²) >= 11 is 0. The molecular formula is C9H22N2O6. The smallest absolute Gasteiger partial charge is 0.110 e. The van der Waals surface area contributed by atoms with Gasteiger partial charge in [-0.2, -0.15) is 0 Å². The van der Waals surface area contributed by atoms with E-state index in [0.29, 0.717) is 6.42 Å². The molecule has 1 atom stereocenters. The largest absolute Gasteiger partial charge is 0.266 e. The molecule has 0 aliphatic rings. The van der Waals surface area contributed by atoms with Crippen molar-refractivity contribution in [1.29, 1.82) is 0 Å². The minimum atomic E-state index is -0.714. The second-order valence-corrected chi connectivity index (χ2v) is 4.65. The molecular weight excluding hydrogens is 232 g/mol. The first-order valence-electron chi connectivity index (χ1n) is 5.42. The lowest BCUT2D eigenvalue weighted by Crippen LogP contribution is -2.34. The molecule has 0 spiro atoms. The molecule has 104 valence electrons. The number of nitrogens with zero attached hydrogens (tertiary/aromatic N) is 2. The van der Waals surface area contributed by atoms with Crippen LogP contribution in [0, 0.1) is 5.41 Å². The highest BCUT2D eigenvalue weighted by molar-refractivity contribution is 4.73. The van der Waals surface area contributed by atoms with Crippen LogP contribution in [-0.2, 0) is 9.68 Å². The Kier molecular flexibility index (Phi) is 7.75. The van der Waals surface area contributed by atoms with Gasteiger partial charge in [0, 0.05) is 0 Å². The van der Waals surface area contributed by atoms with Gasteiger partial charge >= 0.3 is 0 Å². The van der Waals surface area contributed by atoms with Gasteiger partial charge in [-0.1, -0.05) is 27.2 Å². The lowest BCUT2D eigenvalue weighted by molar-refractivity contribution is -0.528. The predicted octanol–water partition coefficient (Wildman–Crippen LogP) is 1.60. The van der Waals surface area contributed by atoms with Crippen LogP contribution in [-0.4, -0.2) is 44.3 Å². The topological polar surface area (TPSA) is 106 Å². The molecule has 0 rings (SSSR count). The van der Waals surface area contributed by atoms with E-state index >= 15 is 0 Å². The highest BCUT2D eigenvalue weighted by Gasteiger charge is 2.25. The summed E-state index contributed by atoms with van der Waals surface area (Å²) in [6.45, 7) is 5.82. The van der Waals surface area contributed by atoms with Crippen LogP contribution in [0.3, 0.4) is 0 Å². The maximum Gasteiger partial charge on any atom is 0.110 e. The van der Waals surface area contributed by atoms with Crippen LogP contribution in [0.15, 0.2) is 0 Å². The minimum absolute atomic E-state index is 0.0888. The van der Waals surface area contributed by atoms with Crippen LogP contribution in [0.2, 0.25) is 0 Å². The number of hydrogen-bond acceptors (Lipinski definition) is 8. The quantitative estimate of drug-likeness (QED) is 0.460. The standard InChI is InChI=1S/C9H22N2O6/c1-4-5-9(2,3)6-8(17-11(14)15)7-16-10(12)13/h8,12-15H,4-7H2,1-3H3/t8-/m0/s1. The molecule has 0 heterocycles. The van der Waals surface area contributed by atoms with Crippen LogP contribution in [0.25, 0.3) is 0 Å². The monoisotopic (exact) mass is 254 g/mol. The molecule has 0 unspecified atom stereocenters. The van der Waals surface area contributed by atoms with Crippen LogP contribution in [0.4, 0.5) is 0 Å². The summed E-state index contributed by atoms with van der Waals surface area (Å²) in [5.74, 6) is 0. The van der Waals surface area contributed by atoms with Crippen molar-refractivity contribution < 1.29 is 30.5 Å². The molecule has 0 aromatic rings. The highest BCUT2D eigenvalue weighted by atomic mass is 17.1. The Morgan fingerprint density at radius 3 is 2.12 bits per heavy atom. The van der Waals surface area contributed by atoms with Gasteiger partial charge in [0.2, 0.25) is 0 Å². The van der Waals surface area contributed by atoms with Crippen LogP contribution in [0.1, 0.15) is 40.0 Å². The molecule has 0 aliphatic carbocycles.